The monoisotopic (exact) mass is 288 g/mol. The fourth-order valence-corrected chi connectivity index (χ4v) is 2.33. The highest BCUT2D eigenvalue weighted by atomic mass is 16.3. The molecule has 0 spiro atoms. The van der Waals surface area contributed by atoms with Crippen LogP contribution in [0.1, 0.15) is 66.0 Å². The van der Waals surface area contributed by atoms with E-state index in [0.717, 1.165) is 29.6 Å². The Morgan fingerprint density at radius 1 is 1.19 bits per heavy atom. The van der Waals surface area contributed by atoms with Gasteiger partial charge in [0, 0.05) is 18.2 Å². The molecule has 0 fully saturated rings. The van der Waals surface area contributed by atoms with E-state index in [9.17, 15) is 5.11 Å². The second-order valence-electron chi connectivity index (χ2n) is 6.09. The number of phenols is 1. The normalized spacial score (nSPS) is 12.7. The van der Waals surface area contributed by atoms with Crippen molar-refractivity contribution in [2.24, 2.45) is 5.41 Å². The van der Waals surface area contributed by atoms with Crippen LogP contribution in [0.5, 0.6) is 5.75 Å². The number of fused-ring (bicyclic) bond motifs is 1. The average molecular weight is 288 g/mol. The van der Waals surface area contributed by atoms with Crippen molar-refractivity contribution in [2.75, 3.05) is 0 Å². The van der Waals surface area contributed by atoms with Crippen LogP contribution in [0.15, 0.2) is 24.4 Å². The minimum atomic E-state index is 0.237. The van der Waals surface area contributed by atoms with Crippen LogP contribution in [0.2, 0.25) is 0 Å². The molecule has 1 atom stereocenters. The van der Waals surface area contributed by atoms with Crippen molar-refractivity contribution >= 4 is 11.0 Å². The van der Waals surface area contributed by atoms with Gasteiger partial charge in [-0.05, 0) is 24.0 Å². The molecule has 1 unspecified atom stereocenters. The van der Waals surface area contributed by atoms with Gasteiger partial charge in [-0.15, -0.1) is 0 Å². The SMILES string of the molecule is CC.CCC(C)(C)CC(C)c1cnc2ccc(O)cc2n1. The number of aromatic hydroxyl groups is 1. The summed E-state index contributed by atoms with van der Waals surface area (Å²) in [7, 11) is 0. The molecular weight excluding hydrogens is 260 g/mol. The lowest BCUT2D eigenvalue weighted by atomic mass is 9.80. The number of aromatic nitrogens is 2. The zero-order valence-corrected chi connectivity index (χ0v) is 14.1. The van der Waals surface area contributed by atoms with E-state index < -0.39 is 0 Å². The third-order valence-electron chi connectivity index (χ3n) is 3.87. The van der Waals surface area contributed by atoms with Gasteiger partial charge in [0.1, 0.15) is 5.75 Å². The van der Waals surface area contributed by atoms with Crippen LogP contribution in [-0.4, -0.2) is 15.1 Å². The zero-order chi connectivity index (χ0) is 16.0. The third-order valence-corrected chi connectivity index (χ3v) is 3.87. The molecule has 21 heavy (non-hydrogen) atoms. The molecule has 2 aromatic rings. The van der Waals surface area contributed by atoms with Crippen LogP contribution in [-0.2, 0) is 0 Å². The molecular formula is C18H28N2O. The van der Waals surface area contributed by atoms with E-state index in [1.54, 1.807) is 18.2 Å². The molecule has 0 bridgehead atoms. The Morgan fingerprint density at radius 3 is 2.48 bits per heavy atom. The lowest BCUT2D eigenvalue weighted by Crippen LogP contribution is -2.14. The molecule has 116 valence electrons. The predicted octanol–water partition coefficient (Wildman–Crippen LogP) is 5.29. The molecule has 1 N–H and O–H groups in total. The second-order valence-corrected chi connectivity index (χ2v) is 6.09. The minimum Gasteiger partial charge on any atom is -0.508 e. The van der Waals surface area contributed by atoms with Crippen molar-refractivity contribution in [3.8, 4) is 5.75 Å². The summed E-state index contributed by atoms with van der Waals surface area (Å²) in [6, 6.07) is 5.10. The molecule has 1 aromatic carbocycles. The summed E-state index contributed by atoms with van der Waals surface area (Å²) < 4.78 is 0. The molecule has 0 saturated carbocycles. The first-order valence-corrected chi connectivity index (χ1v) is 7.87. The first kappa shape index (κ1) is 17.4. The van der Waals surface area contributed by atoms with Crippen LogP contribution in [0, 0.1) is 5.41 Å². The first-order valence-electron chi connectivity index (χ1n) is 7.87. The summed E-state index contributed by atoms with van der Waals surface area (Å²) in [5.74, 6) is 0.606. The van der Waals surface area contributed by atoms with E-state index in [0.29, 0.717) is 11.3 Å². The predicted molar refractivity (Wildman–Crippen MR) is 89.7 cm³/mol. The molecule has 1 heterocycles. The van der Waals surface area contributed by atoms with Gasteiger partial charge in [-0.1, -0.05) is 48.0 Å². The summed E-state index contributed by atoms with van der Waals surface area (Å²) >= 11 is 0. The number of rotatable bonds is 4. The minimum absolute atomic E-state index is 0.237. The topological polar surface area (TPSA) is 46.0 Å². The van der Waals surface area contributed by atoms with Gasteiger partial charge in [-0.2, -0.15) is 0 Å². The van der Waals surface area contributed by atoms with Crippen LogP contribution >= 0.6 is 0 Å². The molecule has 0 saturated heterocycles. The Balaban J connectivity index is 0.00000106. The highest BCUT2D eigenvalue weighted by Crippen LogP contribution is 2.33. The lowest BCUT2D eigenvalue weighted by Gasteiger charge is -2.26. The summed E-state index contributed by atoms with van der Waals surface area (Å²) in [4.78, 5) is 9.06. The maximum Gasteiger partial charge on any atom is 0.117 e. The Kier molecular flexibility index (Phi) is 6.13. The molecule has 1 aromatic heterocycles. The van der Waals surface area contributed by atoms with E-state index in [4.69, 9.17) is 0 Å². The third kappa shape index (κ3) is 4.69. The maximum atomic E-state index is 9.52. The fraction of sp³-hybridized carbons (Fsp3) is 0.556. The molecule has 2 rings (SSSR count). The molecule has 3 heteroatoms. The maximum absolute atomic E-state index is 9.52. The van der Waals surface area contributed by atoms with Crippen molar-refractivity contribution in [3.63, 3.8) is 0 Å². The van der Waals surface area contributed by atoms with Crippen LogP contribution < -0.4 is 0 Å². The van der Waals surface area contributed by atoms with Crippen molar-refractivity contribution in [2.45, 2.75) is 60.3 Å². The van der Waals surface area contributed by atoms with Gasteiger partial charge >= 0.3 is 0 Å². The van der Waals surface area contributed by atoms with Gasteiger partial charge < -0.3 is 5.11 Å². The van der Waals surface area contributed by atoms with E-state index in [2.05, 4.69) is 37.7 Å². The van der Waals surface area contributed by atoms with E-state index >= 15 is 0 Å². The largest absolute Gasteiger partial charge is 0.508 e. The Hall–Kier alpha value is -1.64. The number of hydrogen-bond acceptors (Lipinski definition) is 3. The van der Waals surface area contributed by atoms with Crippen LogP contribution in [0.3, 0.4) is 0 Å². The highest BCUT2D eigenvalue weighted by molar-refractivity contribution is 5.75. The zero-order valence-electron chi connectivity index (χ0n) is 14.1. The molecule has 0 radical (unpaired) electrons. The van der Waals surface area contributed by atoms with E-state index in [-0.39, 0.29) is 5.75 Å². The molecule has 0 aliphatic heterocycles. The summed E-state index contributed by atoms with van der Waals surface area (Å²) in [5.41, 5.74) is 2.90. The fourth-order valence-electron chi connectivity index (χ4n) is 2.33. The van der Waals surface area contributed by atoms with Crippen molar-refractivity contribution in [3.05, 3.63) is 30.1 Å². The smallest absolute Gasteiger partial charge is 0.117 e. The molecule has 3 nitrogen and oxygen atoms in total. The number of phenolic OH excluding ortho intramolecular Hbond substituents is 1. The van der Waals surface area contributed by atoms with Crippen molar-refractivity contribution in [1.29, 1.82) is 0 Å². The highest BCUT2D eigenvalue weighted by Gasteiger charge is 2.21. The summed E-state index contributed by atoms with van der Waals surface area (Å²) in [5, 5.41) is 9.52. The van der Waals surface area contributed by atoms with Gasteiger partial charge in [0.25, 0.3) is 0 Å². The lowest BCUT2D eigenvalue weighted by molar-refractivity contribution is 0.298. The molecule has 0 amide bonds. The first-order chi connectivity index (χ1) is 9.91. The van der Waals surface area contributed by atoms with E-state index in [1.807, 2.05) is 20.0 Å². The summed E-state index contributed by atoms with van der Waals surface area (Å²) in [6.07, 6.45) is 4.09. The van der Waals surface area contributed by atoms with E-state index in [1.165, 1.54) is 0 Å². The van der Waals surface area contributed by atoms with Crippen molar-refractivity contribution in [1.82, 2.24) is 9.97 Å². The Morgan fingerprint density at radius 2 is 1.86 bits per heavy atom. The number of benzene rings is 1. The number of hydrogen-bond donors (Lipinski definition) is 1. The Labute approximate surface area is 128 Å². The standard InChI is InChI=1S/C16H22N2O.C2H6/c1-5-16(3,4)9-11(2)15-10-17-13-7-6-12(19)8-14(13)18-15;1-2/h6-8,10-11,19H,5,9H2,1-4H3;1-2H3. The Bertz CT molecular complexity index is 578. The van der Waals surface area contributed by atoms with Gasteiger partial charge in [-0.3, -0.25) is 4.98 Å². The molecule has 0 aliphatic carbocycles. The van der Waals surface area contributed by atoms with Crippen molar-refractivity contribution < 1.29 is 5.11 Å². The average Bonchev–Trinajstić information content (AvgIpc) is 2.48. The quantitative estimate of drug-likeness (QED) is 0.831. The molecule has 0 aliphatic rings. The van der Waals surface area contributed by atoms with Gasteiger partial charge in [0.2, 0.25) is 0 Å². The van der Waals surface area contributed by atoms with Gasteiger partial charge in [0.15, 0.2) is 0 Å². The van der Waals surface area contributed by atoms with Gasteiger partial charge in [-0.25, -0.2) is 4.98 Å². The van der Waals surface area contributed by atoms with Gasteiger partial charge in [0.05, 0.1) is 16.7 Å². The second kappa shape index (κ2) is 7.39. The summed E-state index contributed by atoms with van der Waals surface area (Å²) in [6.45, 7) is 13.0. The van der Waals surface area contributed by atoms with Crippen LogP contribution in [0.4, 0.5) is 0 Å². The van der Waals surface area contributed by atoms with Crippen LogP contribution in [0.25, 0.3) is 11.0 Å². The number of nitrogens with zero attached hydrogens (tertiary/aromatic N) is 2.